The molecule has 11 aromatic rings. The van der Waals surface area contributed by atoms with Gasteiger partial charge < -0.3 is 9.47 Å². The Morgan fingerprint density at radius 2 is 0.902 bits per heavy atom. The molecule has 0 spiro atoms. The lowest BCUT2D eigenvalue weighted by Crippen LogP contribution is -2.28. The van der Waals surface area contributed by atoms with E-state index in [4.69, 9.17) is 0 Å². The second-order valence-electron chi connectivity index (χ2n) is 16.1. The monoisotopic (exact) mass is 776 g/mol. The highest BCUT2D eigenvalue weighted by Crippen LogP contribution is 2.58. The lowest BCUT2D eigenvalue weighted by molar-refractivity contribution is 0.768. The van der Waals surface area contributed by atoms with Gasteiger partial charge in [0, 0.05) is 33.5 Å². The second-order valence-corrected chi connectivity index (χ2v) is 16.1. The van der Waals surface area contributed by atoms with E-state index in [-0.39, 0.29) is 0 Å². The van der Waals surface area contributed by atoms with E-state index >= 15 is 0 Å². The van der Waals surface area contributed by atoms with E-state index in [2.05, 4.69) is 252 Å². The van der Waals surface area contributed by atoms with Gasteiger partial charge in [-0.2, -0.15) is 0 Å². The number of aromatic nitrogens is 1. The van der Waals surface area contributed by atoms with Crippen LogP contribution in [0.25, 0.3) is 60.5 Å². The minimum absolute atomic E-state index is 0.445. The molecule has 1 heterocycles. The molecule has 0 aliphatic heterocycles. The smallest absolute Gasteiger partial charge is 0.0713 e. The summed E-state index contributed by atoms with van der Waals surface area (Å²) in [6.45, 7) is 0. The molecule has 0 amide bonds. The van der Waals surface area contributed by atoms with Crippen molar-refractivity contribution in [2.24, 2.45) is 0 Å². The maximum atomic E-state index is 2.41. The van der Waals surface area contributed by atoms with Crippen molar-refractivity contribution in [3.63, 3.8) is 0 Å². The number of benzene rings is 10. The zero-order chi connectivity index (χ0) is 40.3. The molecule has 12 rings (SSSR count). The Morgan fingerprint density at radius 3 is 1.67 bits per heavy atom. The first kappa shape index (κ1) is 35.0. The molecule has 286 valence electrons. The standard InChI is InChI=1S/C59H40N2/c1-4-19-44(20-5-1)59(45-21-6-2-7-22-45)54-28-14-12-26-52(54)58-50(27-16-29-55(58)59)42-32-34-47(35-33-42)60(48-36-31-41-17-10-11-18-43(41)39-48)49-37-38-57-53(40-49)51-25-13-15-30-56(51)61(57)46-23-8-3-9-24-46/h1-40H. The zero-order valence-electron chi connectivity index (χ0n) is 33.5. The summed E-state index contributed by atoms with van der Waals surface area (Å²) in [6.07, 6.45) is 0. The van der Waals surface area contributed by atoms with Gasteiger partial charge in [-0.15, -0.1) is 0 Å². The average Bonchev–Trinajstić information content (AvgIpc) is 3.83. The molecule has 1 aliphatic carbocycles. The third-order valence-corrected chi connectivity index (χ3v) is 12.8. The Kier molecular flexibility index (Phi) is 8.11. The van der Waals surface area contributed by atoms with E-state index < -0.39 is 5.41 Å². The topological polar surface area (TPSA) is 8.17 Å². The minimum atomic E-state index is -0.445. The average molecular weight is 777 g/mol. The first-order valence-corrected chi connectivity index (χ1v) is 21.1. The van der Waals surface area contributed by atoms with E-state index in [0.717, 1.165) is 22.7 Å². The van der Waals surface area contributed by atoms with Crippen LogP contribution in [0.1, 0.15) is 22.3 Å². The maximum Gasteiger partial charge on any atom is 0.0713 e. The van der Waals surface area contributed by atoms with Crippen molar-refractivity contribution < 1.29 is 0 Å². The van der Waals surface area contributed by atoms with Gasteiger partial charge in [-0.1, -0.05) is 182 Å². The molecule has 0 fully saturated rings. The summed E-state index contributed by atoms with van der Waals surface area (Å²) < 4.78 is 2.38. The van der Waals surface area contributed by atoms with Gasteiger partial charge in [0.05, 0.1) is 16.4 Å². The molecular weight excluding hydrogens is 737 g/mol. The van der Waals surface area contributed by atoms with E-state index in [1.807, 2.05) is 0 Å². The quantitative estimate of drug-likeness (QED) is 0.156. The molecule has 61 heavy (non-hydrogen) atoms. The molecule has 1 aliphatic rings. The Bertz CT molecular complexity index is 3360. The molecule has 0 radical (unpaired) electrons. The predicted octanol–water partition coefficient (Wildman–Crippen LogP) is 15.4. The molecule has 0 saturated heterocycles. The molecule has 0 saturated carbocycles. The molecule has 1 aromatic heterocycles. The van der Waals surface area contributed by atoms with E-state index in [9.17, 15) is 0 Å². The fraction of sp³-hybridized carbons (Fsp3) is 0.0169. The van der Waals surface area contributed by atoms with Crippen LogP contribution in [-0.4, -0.2) is 4.57 Å². The highest BCUT2D eigenvalue weighted by Gasteiger charge is 2.46. The van der Waals surface area contributed by atoms with Gasteiger partial charge in [-0.25, -0.2) is 0 Å². The van der Waals surface area contributed by atoms with Crippen LogP contribution in [0.3, 0.4) is 0 Å². The van der Waals surface area contributed by atoms with Crippen molar-refractivity contribution in [3.8, 4) is 27.9 Å². The lowest BCUT2D eigenvalue weighted by Gasteiger charge is -2.34. The SMILES string of the molecule is c1ccc(-n2c3ccccc3c3cc(N(c4ccc(-c5cccc6c5-c5ccccc5C6(c5ccccc5)c5ccccc5)cc4)c4ccc5ccccc5c4)ccc32)cc1. The van der Waals surface area contributed by atoms with E-state index in [1.165, 1.54) is 77.1 Å². The van der Waals surface area contributed by atoms with E-state index in [1.54, 1.807) is 0 Å². The van der Waals surface area contributed by atoms with Crippen LogP contribution in [-0.2, 0) is 5.41 Å². The Hall–Kier alpha value is -7.94. The van der Waals surface area contributed by atoms with Crippen molar-refractivity contribution in [1.29, 1.82) is 0 Å². The lowest BCUT2D eigenvalue weighted by atomic mass is 9.67. The fourth-order valence-corrected chi connectivity index (χ4v) is 10.2. The number of hydrogen-bond acceptors (Lipinski definition) is 1. The van der Waals surface area contributed by atoms with E-state index in [0.29, 0.717) is 0 Å². The third-order valence-electron chi connectivity index (χ3n) is 12.8. The Labute approximate surface area is 355 Å². The summed E-state index contributed by atoms with van der Waals surface area (Å²) in [6, 6.07) is 89.0. The van der Waals surface area contributed by atoms with Crippen LogP contribution in [0, 0.1) is 0 Å². The van der Waals surface area contributed by atoms with Gasteiger partial charge in [0.2, 0.25) is 0 Å². The number of hydrogen-bond donors (Lipinski definition) is 0. The minimum Gasteiger partial charge on any atom is -0.310 e. The highest BCUT2D eigenvalue weighted by atomic mass is 15.1. The molecule has 0 unspecified atom stereocenters. The predicted molar refractivity (Wildman–Crippen MR) is 256 cm³/mol. The number of para-hydroxylation sites is 2. The molecule has 2 heteroatoms. The molecule has 2 nitrogen and oxygen atoms in total. The van der Waals surface area contributed by atoms with Crippen molar-refractivity contribution in [2.75, 3.05) is 4.90 Å². The number of anilines is 3. The normalized spacial score (nSPS) is 12.7. The Balaban J connectivity index is 1.03. The van der Waals surface area contributed by atoms with Crippen LogP contribution in [0.4, 0.5) is 17.1 Å². The van der Waals surface area contributed by atoms with Crippen molar-refractivity contribution in [1.82, 2.24) is 4.57 Å². The zero-order valence-corrected chi connectivity index (χ0v) is 33.5. The molecule has 0 atom stereocenters. The van der Waals surface area contributed by atoms with Crippen LogP contribution in [0.5, 0.6) is 0 Å². The highest BCUT2D eigenvalue weighted by molar-refractivity contribution is 6.11. The summed E-state index contributed by atoms with van der Waals surface area (Å²) in [5, 5.41) is 4.89. The first-order chi connectivity index (χ1) is 30.3. The largest absolute Gasteiger partial charge is 0.310 e. The van der Waals surface area contributed by atoms with Crippen LogP contribution in [0.15, 0.2) is 243 Å². The summed E-state index contributed by atoms with van der Waals surface area (Å²) in [5.41, 5.74) is 16.6. The summed E-state index contributed by atoms with van der Waals surface area (Å²) >= 11 is 0. The number of rotatable bonds is 7. The summed E-state index contributed by atoms with van der Waals surface area (Å²) in [5.74, 6) is 0. The maximum absolute atomic E-state index is 2.41. The molecule has 10 aromatic carbocycles. The van der Waals surface area contributed by atoms with Gasteiger partial charge in [-0.3, -0.25) is 0 Å². The number of nitrogens with zero attached hydrogens (tertiary/aromatic N) is 2. The van der Waals surface area contributed by atoms with Gasteiger partial charge in [0.1, 0.15) is 0 Å². The summed E-state index contributed by atoms with van der Waals surface area (Å²) in [4.78, 5) is 2.41. The van der Waals surface area contributed by atoms with Gasteiger partial charge in [0.15, 0.2) is 0 Å². The van der Waals surface area contributed by atoms with Crippen molar-refractivity contribution >= 4 is 49.6 Å². The first-order valence-electron chi connectivity index (χ1n) is 21.1. The fourth-order valence-electron chi connectivity index (χ4n) is 10.2. The third kappa shape index (κ3) is 5.43. The second kappa shape index (κ2) is 14.1. The van der Waals surface area contributed by atoms with Gasteiger partial charge >= 0.3 is 0 Å². The van der Waals surface area contributed by atoms with Crippen LogP contribution in [0.2, 0.25) is 0 Å². The summed E-state index contributed by atoms with van der Waals surface area (Å²) in [7, 11) is 0. The van der Waals surface area contributed by atoms with Crippen LogP contribution < -0.4 is 4.90 Å². The van der Waals surface area contributed by atoms with Crippen LogP contribution >= 0.6 is 0 Å². The van der Waals surface area contributed by atoms with Gasteiger partial charge in [-0.05, 0) is 116 Å². The molecule has 0 bridgehead atoms. The molecular formula is C59H40N2. The van der Waals surface area contributed by atoms with Crippen molar-refractivity contribution in [2.45, 2.75) is 5.41 Å². The van der Waals surface area contributed by atoms with Crippen molar-refractivity contribution in [3.05, 3.63) is 265 Å². The van der Waals surface area contributed by atoms with Gasteiger partial charge in [0.25, 0.3) is 0 Å². The number of fused-ring (bicyclic) bond motifs is 7. The Morgan fingerprint density at radius 1 is 0.344 bits per heavy atom. The molecule has 0 N–H and O–H groups in total.